The van der Waals surface area contributed by atoms with Gasteiger partial charge >= 0.3 is 0 Å². The van der Waals surface area contributed by atoms with E-state index in [2.05, 4.69) is 39.6 Å². The molecule has 0 heterocycles. The third kappa shape index (κ3) is 18.5. The topological polar surface area (TPSA) is 46.5 Å². The van der Waals surface area contributed by atoms with Crippen molar-refractivity contribution in [2.24, 2.45) is 21.7 Å². The molecular weight excluding hydrogens is 375 g/mol. The van der Waals surface area contributed by atoms with Crippen molar-refractivity contribution in [1.82, 2.24) is 0 Å². The van der Waals surface area contributed by atoms with Crippen molar-refractivity contribution >= 4 is 17.8 Å². The largest absolute Gasteiger partial charge is 0.338 e. The van der Waals surface area contributed by atoms with Gasteiger partial charge in [-0.05, 0) is 18.1 Å². The molecule has 0 aromatic carbocycles. The van der Waals surface area contributed by atoms with Crippen LogP contribution >= 0.6 is 0 Å². The number of carbonyl (C=O) groups excluding carboxylic acids is 2. The van der Waals surface area contributed by atoms with Crippen molar-refractivity contribution in [2.75, 3.05) is 6.54 Å². The Morgan fingerprint density at radius 2 is 1.62 bits per heavy atom. The minimum absolute atomic E-state index is 0. The Bertz CT molecular complexity index is 376. The molecule has 0 amide bonds. The van der Waals surface area contributed by atoms with E-state index < -0.39 is 0 Å². The predicted molar refractivity (Wildman–Crippen MR) is 101 cm³/mol. The van der Waals surface area contributed by atoms with Crippen molar-refractivity contribution in [3.05, 3.63) is 13.8 Å². The zero-order valence-corrected chi connectivity index (χ0v) is 19.8. The van der Waals surface area contributed by atoms with Gasteiger partial charge in [-0.1, -0.05) is 54.9 Å². The van der Waals surface area contributed by atoms with Gasteiger partial charge in [-0.3, -0.25) is 9.79 Å². The SMILES string of the molecule is [CH2-]C(CC(C)(C)C)C(=O)C(C)(C)C.[CH2-]CC=NCC(=O)CCC.[Y]. The number of hydrogen-bond acceptors (Lipinski definition) is 3. The molecule has 24 heavy (non-hydrogen) atoms. The first-order valence-electron chi connectivity index (χ1n) is 8.51. The Kier molecular flexibility index (Phi) is 17.2. The van der Waals surface area contributed by atoms with Crippen LogP contribution in [0.2, 0.25) is 0 Å². The van der Waals surface area contributed by atoms with Crippen molar-refractivity contribution in [1.29, 1.82) is 0 Å². The fourth-order valence-corrected chi connectivity index (χ4v) is 2.06. The van der Waals surface area contributed by atoms with Crippen LogP contribution in [0.1, 0.15) is 74.1 Å². The van der Waals surface area contributed by atoms with Gasteiger partial charge in [-0.25, -0.2) is 0 Å². The third-order valence-electron chi connectivity index (χ3n) is 3.02. The molecule has 0 aromatic heterocycles. The normalized spacial score (nSPS) is 12.9. The molecule has 3 nitrogen and oxygen atoms in total. The van der Waals surface area contributed by atoms with E-state index in [0.29, 0.717) is 19.4 Å². The van der Waals surface area contributed by atoms with E-state index in [1.54, 1.807) is 6.21 Å². The summed E-state index contributed by atoms with van der Waals surface area (Å²) in [6, 6.07) is 0. The minimum atomic E-state index is -0.252. The second-order valence-electron chi connectivity index (χ2n) is 8.18. The smallest absolute Gasteiger partial charge is 0.154 e. The number of carbonyl (C=O) groups is 2. The molecule has 0 fully saturated rings. The third-order valence-corrected chi connectivity index (χ3v) is 3.02. The first-order valence-corrected chi connectivity index (χ1v) is 8.51. The number of ketones is 2. The second kappa shape index (κ2) is 14.3. The van der Waals surface area contributed by atoms with Gasteiger partial charge in [-0.15, -0.1) is 12.3 Å². The van der Waals surface area contributed by atoms with E-state index in [1.807, 2.05) is 27.7 Å². The maximum atomic E-state index is 11.8. The van der Waals surface area contributed by atoms with Crippen LogP contribution in [-0.2, 0) is 42.3 Å². The summed E-state index contributed by atoms with van der Waals surface area (Å²) in [7, 11) is 0. The molecule has 0 rings (SSSR count). The quantitative estimate of drug-likeness (QED) is 0.430. The fraction of sp³-hybridized carbons (Fsp3) is 0.750. The summed E-state index contributed by atoms with van der Waals surface area (Å²) < 4.78 is 0. The molecule has 4 heteroatoms. The summed E-state index contributed by atoms with van der Waals surface area (Å²) in [5, 5.41) is 0. The van der Waals surface area contributed by atoms with Gasteiger partial charge in [-0.2, -0.15) is 0 Å². The summed E-state index contributed by atoms with van der Waals surface area (Å²) >= 11 is 0. The summed E-state index contributed by atoms with van der Waals surface area (Å²) in [6.45, 7) is 22.1. The van der Waals surface area contributed by atoms with Gasteiger partial charge in [0, 0.05) is 44.5 Å². The first kappa shape index (κ1) is 28.9. The van der Waals surface area contributed by atoms with E-state index in [-0.39, 0.29) is 61.0 Å². The molecule has 0 aromatic rings. The Morgan fingerprint density at radius 3 is 1.96 bits per heavy atom. The molecule has 1 atom stereocenters. The van der Waals surface area contributed by atoms with Crippen molar-refractivity contribution in [3.8, 4) is 0 Å². The van der Waals surface area contributed by atoms with E-state index in [1.165, 1.54) is 0 Å². The Balaban J connectivity index is -0.000000364. The van der Waals surface area contributed by atoms with Gasteiger partial charge in [0.15, 0.2) is 5.78 Å². The van der Waals surface area contributed by atoms with E-state index in [9.17, 15) is 9.59 Å². The van der Waals surface area contributed by atoms with Crippen LogP contribution in [0.5, 0.6) is 0 Å². The molecule has 1 radical (unpaired) electrons. The van der Waals surface area contributed by atoms with E-state index in [4.69, 9.17) is 0 Å². The predicted octanol–water partition coefficient (Wildman–Crippen LogP) is 5.14. The van der Waals surface area contributed by atoms with Crippen LogP contribution in [-0.4, -0.2) is 24.3 Å². The number of Topliss-reactive ketones (excluding diaryl/α,β-unsaturated/α-hetero) is 2. The fourth-order valence-electron chi connectivity index (χ4n) is 2.06. The number of rotatable bonds is 7. The summed E-state index contributed by atoms with van der Waals surface area (Å²) in [6.07, 6.45) is 4.77. The summed E-state index contributed by atoms with van der Waals surface area (Å²) in [5.74, 6) is 0.412. The minimum Gasteiger partial charge on any atom is -0.338 e. The standard InChI is InChI=1S/C12H23O.C8H14NO.Y/c1-9(8-11(2,3)4)10(13)12(5,6)7;1-3-5-8(10)7-9-6-4-2;/h9H,1,8H2,2-7H3;6H,2-5,7H2,1H3;/q2*-1;. The molecule has 0 aliphatic heterocycles. The molecule has 1 unspecified atom stereocenters. The maximum Gasteiger partial charge on any atom is 0.154 e. The van der Waals surface area contributed by atoms with Gasteiger partial charge in [0.05, 0.1) is 6.54 Å². The number of nitrogens with zero attached hydrogens (tertiary/aromatic N) is 1. The molecule has 0 N–H and O–H groups in total. The summed E-state index contributed by atoms with van der Waals surface area (Å²) in [5.41, 5.74) is -0.0645. The van der Waals surface area contributed by atoms with Gasteiger partial charge < -0.3 is 18.6 Å². The van der Waals surface area contributed by atoms with Crippen molar-refractivity contribution < 1.29 is 42.3 Å². The molecule has 0 saturated carbocycles. The molecule has 0 aliphatic carbocycles. The van der Waals surface area contributed by atoms with E-state index >= 15 is 0 Å². The van der Waals surface area contributed by atoms with Crippen molar-refractivity contribution in [3.63, 3.8) is 0 Å². The Morgan fingerprint density at radius 1 is 1.12 bits per heavy atom. The molecule has 0 saturated heterocycles. The number of hydrogen-bond donors (Lipinski definition) is 0. The van der Waals surface area contributed by atoms with Crippen LogP contribution < -0.4 is 0 Å². The average molecular weight is 412 g/mol. The zero-order chi connectivity index (χ0) is 18.7. The zero-order valence-electron chi connectivity index (χ0n) is 16.9. The van der Waals surface area contributed by atoms with Crippen molar-refractivity contribution in [2.45, 2.75) is 74.1 Å². The molecule has 0 spiro atoms. The van der Waals surface area contributed by atoms with Crippen LogP contribution in [0.25, 0.3) is 0 Å². The van der Waals surface area contributed by atoms with Gasteiger partial charge in [0.2, 0.25) is 0 Å². The van der Waals surface area contributed by atoms with Crippen LogP contribution in [0.3, 0.4) is 0 Å². The van der Waals surface area contributed by atoms with Gasteiger partial charge in [0.1, 0.15) is 5.78 Å². The maximum absolute atomic E-state index is 11.8. The summed E-state index contributed by atoms with van der Waals surface area (Å²) in [4.78, 5) is 26.4. The van der Waals surface area contributed by atoms with Crippen LogP contribution in [0.4, 0.5) is 0 Å². The Labute approximate surface area is 175 Å². The monoisotopic (exact) mass is 412 g/mol. The molecule has 139 valence electrons. The number of aliphatic imine (C=N–C) groups is 1. The first-order chi connectivity index (χ1) is 10.3. The average Bonchev–Trinajstić information content (AvgIpc) is 2.36. The van der Waals surface area contributed by atoms with E-state index in [0.717, 1.165) is 12.8 Å². The molecule has 0 aliphatic rings. The Hall–Kier alpha value is 0.114. The molecular formula is C20H37NO2Y-2. The van der Waals surface area contributed by atoms with Crippen LogP contribution in [0.15, 0.2) is 4.99 Å². The second-order valence-corrected chi connectivity index (χ2v) is 8.18. The van der Waals surface area contributed by atoms with Gasteiger partial charge in [0.25, 0.3) is 0 Å². The molecule has 0 bridgehead atoms. The van der Waals surface area contributed by atoms with Crippen LogP contribution in [0, 0.1) is 30.6 Å².